The molecule has 1 aromatic carbocycles. The van der Waals surface area contributed by atoms with Gasteiger partial charge in [-0.3, -0.25) is 9.59 Å². The second kappa shape index (κ2) is 7.22. The summed E-state index contributed by atoms with van der Waals surface area (Å²) in [5.74, 6) is -1.83. The van der Waals surface area contributed by atoms with Gasteiger partial charge >= 0.3 is 5.97 Å². The quantitative estimate of drug-likeness (QED) is 0.740. The number of hydrogen-bond donors (Lipinski definition) is 3. The van der Waals surface area contributed by atoms with Crippen molar-refractivity contribution in [2.24, 2.45) is 5.73 Å². The predicted molar refractivity (Wildman–Crippen MR) is 83.9 cm³/mol. The first-order chi connectivity index (χ1) is 11.3. The van der Waals surface area contributed by atoms with E-state index in [0.29, 0.717) is 16.9 Å². The van der Waals surface area contributed by atoms with Gasteiger partial charge < -0.3 is 20.7 Å². The van der Waals surface area contributed by atoms with Gasteiger partial charge in [-0.1, -0.05) is 19.0 Å². The van der Waals surface area contributed by atoms with Crippen molar-refractivity contribution in [1.82, 2.24) is 10.5 Å². The minimum absolute atomic E-state index is 0.0385. The molecule has 8 heteroatoms. The molecule has 2 rings (SSSR count). The minimum Gasteiger partial charge on any atom is -0.480 e. The molecule has 1 amide bonds. The first-order valence-corrected chi connectivity index (χ1v) is 7.31. The average Bonchev–Trinajstić information content (AvgIpc) is 3.01. The Bertz CT molecular complexity index is 758. The van der Waals surface area contributed by atoms with Gasteiger partial charge in [0.1, 0.15) is 17.6 Å². The van der Waals surface area contributed by atoms with Crippen LogP contribution in [0.3, 0.4) is 0 Å². The number of nitrogens with one attached hydrogen (secondary N) is 1. The highest BCUT2D eigenvalue weighted by atomic mass is 19.1. The van der Waals surface area contributed by atoms with E-state index in [0.717, 1.165) is 6.07 Å². The molecule has 0 radical (unpaired) electrons. The number of carboxylic acids is 1. The van der Waals surface area contributed by atoms with Crippen molar-refractivity contribution in [2.45, 2.75) is 25.8 Å². The number of halogens is 1. The number of carbonyl (C=O) groups is 2. The Morgan fingerprint density at radius 3 is 2.71 bits per heavy atom. The van der Waals surface area contributed by atoms with Crippen LogP contribution >= 0.6 is 0 Å². The van der Waals surface area contributed by atoms with Gasteiger partial charge in [0.15, 0.2) is 0 Å². The van der Waals surface area contributed by atoms with Crippen molar-refractivity contribution in [2.75, 3.05) is 6.54 Å². The standard InChI is InChI=1S/C16H18FN3O4/c1-8(2)14-12(6-20-24-14)9-3-10(5-11(17)4-9)15(21)19-7-13(18)16(22)23/h3-6,8,13H,7,18H2,1-2H3,(H,19,21)(H,22,23)/t13-/m1/s1. The molecule has 4 N–H and O–H groups in total. The van der Waals surface area contributed by atoms with Crippen LogP contribution < -0.4 is 11.1 Å². The largest absolute Gasteiger partial charge is 0.480 e. The summed E-state index contributed by atoms with van der Waals surface area (Å²) < 4.78 is 19.1. The number of aliphatic carboxylic acids is 1. The monoisotopic (exact) mass is 335 g/mol. The maximum atomic E-state index is 13.9. The number of amides is 1. The Kier molecular flexibility index (Phi) is 5.30. The third-order valence-electron chi connectivity index (χ3n) is 3.39. The predicted octanol–water partition coefficient (Wildman–Crippen LogP) is 1.75. The van der Waals surface area contributed by atoms with Crippen molar-refractivity contribution in [3.8, 4) is 11.1 Å². The molecule has 0 spiro atoms. The summed E-state index contributed by atoms with van der Waals surface area (Å²) in [6, 6.07) is 2.60. The van der Waals surface area contributed by atoms with E-state index in [4.69, 9.17) is 15.4 Å². The van der Waals surface area contributed by atoms with Gasteiger partial charge in [-0.2, -0.15) is 0 Å². The van der Waals surface area contributed by atoms with Crippen LogP contribution in [0.5, 0.6) is 0 Å². The van der Waals surface area contributed by atoms with E-state index in [2.05, 4.69) is 10.5 Å². The van der Waals surface area contributed by atoms with Crippen LogP contribution in [0.2, 0.25) is 0 Å². The second-order valence-corrected chi connectivity index (χ2v) is 5.64. The Balaban J connectivity index is 2.27. The van der Waals surface area contributed by atoms with Crippen molar-refractivity contribution in [1.29, 1.82) is 0 Å². The summed E-state index contributed by atoms with van der Waals surface area (Å²) in [7, 11) is 0. The second-order valence-electron chi connectivity index (χ2n) is 5.64. The van der Waals surface area contributed by atoms with Gasteiger partial charge in [0.05, 0.1) is 6.20 Å². The molecule has 128 valence electrons. The zero-order valence-corrected chi connectivity index (χ0v) is 13.2. The van der Waals surface area contributed by atoms with E-state index in [9.17, 15) is 14.0 Å². The fourth-order valence-electron chi connectivity index (χ4n) is 2.15. The molecule has 0 fully saturated rings. The van der Waals surface area contributed by atoms with Crippen molar-refractivity contribution >= 4 is 11.9 Å². The first kappa shape index (κ1) is 17.6. The zero-order chi connectivity index (χ0) is 17.9. The summed E-state index contributed by atoms with van der Waals surface area (Å²) >= 11 is 0. The lowest BCUT2D eigenvalue weighted by molar-refractivity contribution is -0.138. The van der Waals surface area contributed by atoms with E-state index in [1.165, 1.54) is 18.3 Å². The number of aromatic nitrogens is 1. The summed E-state index contributed by atoms with van der Waals surface area (Å²) in [6.45, 7) is 3.55. The molecule has 0 aliphatic heterocycles. The van der Waals surface area contributed by atoms with Crippen LogP contribution in [0.1, 0.15) is 35.9 Å². The number of carbonyl (C=O) groups excluding carboxylic acids is 1. The normalized spacial score (nSPS) is 12.2. The molecule has 0 aliphatic rings. The molecule has 2 aromatic rings. The summed E-state index contributed by atoms with van der Waals surface area (Å²) in [5, 5.41) is 14.8. The molecule has 0 unspecified atom stereocenters. The minimum atomic E-state index is -1.23. The molecular formula is C16H18FN3O4. The molecule has 0 saturated carbocycles. The van der Waals surface area contributed by atoms with Crippen LogP contribution in [0.15, 0.2) is 28.9 Å². The lowest BCUT2D eigenvalue weighted by Gasteiger charge is -2.10. The molecule has 24 heavy (non-hydrogen) atoms. The molecular weight excluding hydrogens is 317 g/mol. The van der Waals surface area contributed by atoms with Gasteiger partial charge in [0, 0.05) is 23.6 Å². The van der Waals surface area contributed by atoms with Gasteiger partial charge in [-0.15, -0.1) is 0 Å². The third-order valence-corrected chi connectivity index (χ3v) is 3.39. The van der Waals surface area contributed by atoms with Gasteiger partial charge in [0.25, 0.3) is 5.91 Å². The van der Waals surface area contributed by atoms with Gasteiger partial charge in [-0.05, 0) is 23.8 Å². The van der Waals surface area contributed by atoms with Crippen LogP contribution in [-0.2, 0) is 4.79 Å². The highest BCUT2D eigenvalue weighted by Crippen LogP contribution is 2.30. The molecule has 0 saturated heterocycles. The number of benzene rings is 1. The maximum absolute atomic E-state index is 13.9. The molecule has 0 aliphatic carbocycles. The van der Waals surface area contributed by atoms with Crippen molar-refractivity contribution < 1.29 is 23.6 Å². The summed E-state index contributed by atoms with van der Waals surface area (Å²) in [5.41, 5.74) is 6.43. The summed E-state index contributed by atoms with van der Waals surface area (Å²) in [4.78, 5) is 22.8. The van der Waals surface area contributed by atoms with Crippen LogP contribution in [0.4, 0.5) is 4.39 Å². The topological polar surface area (TPSA) is 118 Å². The maximum Gasteiger partial charge on any atom is 0.322 e. The lowest BCUT2D eigenvalue weighted by Crippen LogP contribution is -2.42. The van der Waals surface area contributed by atoms with E-state index < -0.39 is 23.7 Å². The van der Waals surface area contributed by atoms with Crippen molar-refractivity contribution in [3.05, 3.63) is 41.5 Å². The van der Waals surface area contributed by atoms with E-state index in [1.54, 1.807) is 0 Å². The molecule has 1 atom stereocenters. The van der Waals surface area contributed by atoms with Crippen LogP contribution in [-0.4, -0.2) is 34.7 Å². The molecule has 1 heterocycles. The van der Waals surface area contributed by atoms with E-state index in [1.807, 2.05) is 13.8 Å². The van der Waals surface area contributed by atoms with Crippen LogP contribution in [0.25, 0.3) is 11.1 Å². The van der Waals surface area contributed by atoms with Gasteiger partial charge in [-0.25, -0.2) is 4.39 Å². The number of nitrogens with two attached hydrogens (primary N) is 1. The Labute approximate surface area is 137 Å². The van der Waals surface area contributed by atoms with Crippen LogP contribution in [0, 0.1) is 5.82 Å². The summed E-state index contributed by atoms with van der Waals surface area (Å²) in [6.07, 6.45) is 1.46. The number of nitrogens with zero attached hydrogens (tertiary/aromatic N) is 1. The third kappa shape index (κ3) is 3.96. The highest BCUT2D eigenvalue weighted by molar-refractivity contribution is 5.95. The molecule has 0 bridgehead atoms. The number of rotatable bonds is 6. The zero-order valence-electron chi connectivity index (χ0n) is 13.2. The smallest absolute Gasteiger partial charge is 0.322 e. The Morgan fingerprint density at radius 1 is 1.38 bits per heavy atom. The highest BCUT2D eigenvalue weighted by Gasteiger charge is 2.18. The lowest BCUT2D eigenvalue weighted by atomic mass is 9.99. The van der Waals surface area contributed by atoms with E-state index >= 15 is 0 Å². The number of hydrogen-bond acceptors (Lipinski definition) is 5. The average molecular weight is 335 g/mol. The van der Waals surface area contributed by atoms with Crippen molar-refractivity contribution in [3.63, 3.8) is 0 Å². The Hall–Kier alpha value is -2.74. The Morgan fingerprint density at radius 2 is 2.08 bits per heavy atom. The first-order valence-electron chi connectivity index (χ1n) is 7.31. The molecule has 7 nitrogen and oxygen atoms in total. The fraction of sp³-hybridized carbons (Fsp3) is 0.312. The number of carboxylic acid groups (broad SMARTS) is 1. The fourth-order valence-corrected chi connectivity index (χ4v) is 2.15. The molecule has 1 aromatic heterocycles. The van der Waals surface area contributed by atoms with Gasteiger partial charge in [0.2, 0.25) is 0 Å². The SMILES string of the molecule is CC(C)c1oncc1-c1cc(F)cc(C(=O)NC[C@@H](N)C(=O)O)c1. The van der Waals surface area contributed by atoms with E-state index in [-0.39, 0.29) is 18.0 Å².